The first kappa shape index (κ1) is 12.4. The molecule has 0 atom stereocenters. The van der Waals surface area contributed by atoms with E-state index in [0.29, 0.717) is 29.3 Å². The van der Waals surface area contributed by atoms with Crippen molar-refractivity contribution < 1.29 is 5.11 Å². The topological polar surface area (TPSA) is 129 Å². The van der Waals surface area contributed by atoms with Gasteiger partial charge in [-0.1, -0.05) is 0 Å². The molecule has 20 heavy (non-hydrogen) atoms. The van der Waals surface area contributed by atoms with Gasteiger partial charge in [0.1, 0.15) is 0 Å². The minimum absolute atomic E-state index is 0.00743. The number of aliphatic hydroxyl groups is 1. The third-order valence-electron chi connectivity index (χ3n) is 3.48. The summed E-state index contributed by atoms with van der Waals surface area (Å²) in [6.45, 7) is 0.398. The highest BCUT2D eigenvalue weighted by Crippen LogP contribution is 2.37. The zero-order chi connectivity index (χ0) is 14.4. The van der Waals surface area contributed by atoms with Crippen molar-refractivity contribution in [1.82, 2.24) is 4.57 Å². The third kappa shape index (κ3) is 1.62. The summed E-state index contributed by atoms with van der Waals surface area (Å²) in [6, 6.07) is 7.10. The van der Waals surface area contributed by atoms with Crippen LogP contribution < -0.4 is 22.9 Å². The molecule has 0 unspecified atom stereocenters. The van der Waals surface area contributed by atoms with Crippen LogP contribution in [0.2, 0.25) is 0 Å². The van der Waals surface area contributed by atoms with Crippen molar-refractivity contribution in [3.63, 3.8) is 0 Å². The predicted molar refractivity (Wildman–Crippen MR) is 84.2 cm³/mol. The fraction of sp³-hybridized carbons (Fsp3) is 0.143. The molecule has 1 aromatic heterocycles. The lowest BCUT2D eigenvalue weighted by atomic mass is 10.1. The number of nitrogen functional groups attached to an aromatic ring is 4. The van der Waals surface area contributed by atoms with E-state index in [4.69, 9.17) is 22.9 Å². The van der Waals surface area contributed by atoms with Crippen molar-refractivity contribution in [3.8, 4) is 0 Å². The summed E-state index contributed by atoms with van der Waals surface area (Å²) in [5, 5.41) is 11.1. The van der Waals surface area contributed by atoms with E-state index in [2.05, 4.69) is 0 Å². The van der Waals surface area contributed by atoms with Crippen molar-refractivity contribution in [2.75, 3.05) is 29.5 Å². The van der Waals surface area contributed by atoms with Gasteiger partial charge in [0.05, 0.1) is 29.0 Å². The molecule has 9 N–H and O–H groups in total. The van der Waals surface area contributed by atoms with Crippen LogP contribution in [0.3, 0.4) is 0 Å². The molecule has 104 valence electrons. The quantitative estimate of drug-likeness (QED) is 0.446. The van der Waals surface area contributed by atoms with Gasteiger partial charge in [0, 0.05) is 28.7 Å². The molecule has 0 aliphatic heterocycles. The third-order valence-corrected chi connectivity index (χ3v) is 3.48. The summed E-state index contributed by atoms with van der Waals surface area (Å²) in [6.07, 6.45) is 0. The Balaban J connectivity index is 2.59. The van der Waals surface area contributed by atoms with E-state index in [-0.39, 0.29) is 6.61 Å². The maximum atomic E-state index is 9.30. The molecule has 6 nitrogen and oxygen atoms in total. The molecule has 0 aliphatic carbocycles. The first-order valence-corrected chi connectivity index (χ1v) is 6.29. The van der Waals surface area contributed by atoms with Crippen LogP contribution in [0, 0.1) is 0 Å². The number of nitrogens with zero attached hydrogens (tertiary/aromatic N) is 1. The number of rotatable bonds is 2. The highest BCUT2D eigenvalue weighted by atomic mass is 16.3. The molecule has 0 amide bonds. The summed E-state index contributed by atoms with van der Waals surface area (Å²) < 4.78 is 1.91. The van der Waals surface area contributed by atoms with Gasteiger partial charge in [-0.25, -0.2) is 0 Å². The Hall–Kier alpha value is -2.60. The Morgan fingerprint density at radius 2 is 1.25 bits per heavy atom. The van der Waals surface area contributed by atoms with Crippen LogP contribution in [-0.2, 0) is 6.54 Å². The fourth-order valence-corrected chi connectivity index (χ4v) is 2.81. The van der Waals surface area contributed by atoms with Gasteiger partial charge in [0.15, 0.2) is 0 Å². The lowest BCUT2D eigenvalue weighted by Gasteiger charge is -2.09. The number of aromatic nitrogens is 1. The zero-order valence-electron chi connectivity index (χ0n) is 10.9. The lowest BCUT2D eigenvalue weighted by molar-refractivity contribution is 0.280. The Morgan fingerprint density at radius 3 is 1.65 bits per heavy atom. The molecule has 0 bridgehead atoms. The van der Waals surface area contributed by atoms with Gasteiger partial charge in [0.25, 0.3) is 0 Å². The van der Waals surface area contributed by atoms with Crippen molar-refractivity contribution in [2.45, 2.75) is 6.54 Å². The first-order chi connectivity index (χ1) is 9.52. The molecule has 0 saturated heterocycles. The highest BCUT2D eigenvalue weighted by molar-refractivity contribution is 6.16. The second-order valence-corrected chi connectivity index (χ2v) is 4.89. The van der Waals surface area contributed by atoms with Gasteiger partial charge in [-0.05, 0) is 24.3 Å². The van der Waals surface area contributed by atoms with Crippen LogP contribution in [0.4, 0.5) is 22.7 Å². The smallest absolute Gasteiger partial charge is 0.0727 e. The van der Waals surface area contributed by atoms with Gasteiger partial charge in [0.2, 0.25) is 0 Å². The molecule has 0 saturated carbocycles. The molecule has 3 rings (SSSR count). The Morgan fingerprint density at radius 1 is 0.800 bits per heavy atom. The van der Waals surface area contributed by atoms with Crippen LogP contribution in [0.5, 0.6) is 0 Å². The number of nitrogens with two attached hydrogens (primary N) is 4. The SMILES string of the molecule is Nc1cc(N)c2c(c1)c1cc(N)cc(N)c1n2CCO. The molecule has 2 aromatic carbocycles. The summed E-state index contributed by atoms with van der Waals surface area (Å²) in [5.74, 6) is 0. The Bertz CT molecular complexity index is 756. The van der Waals surface area contributed by atoms with Crippen LogP contribution in [-0.4, -0.2) is 16.3 Å². The van der Waals surface area contributed by atoms with Crippen LogP contribution in [0.25, 0.3) is 21.8 Å². The van der Waals surface area contributed by atoms with Crippen LogP contribution >= 0.6 is 0 Å². The van der Waals surface area contributed by atoms with E-state index in [1.54, 1.807) is 12.1 Å². The van der Waals surface area contributed by atoms with Crippen molar-refractivity contribution >= 4 is 44.6 Å². The average molecular weight is 271 g/mol. The number of aliphatic hydroxyl groups excluding tert-OH is 1. The maximum absolute atomic E-state index is 9.30. The molecule has 0 fully saturated rings. The van der Waals surface area contributed by atoms with Gasteiger partial charge in [-0.2, -0.15) is 0 Å². The molecule has 0 radical (unpaired) electrons. The molecule has 0 spiro atoms. The van der Waals surface area contributed by atoms with Gasteiger partial charge >= 0.3 is 0 Å². The number of fused-ring (bicyclic) bond motifs is 3. The summed E-state index contributed by atoms with van der Waals surface area (Å²) in [5.41, 5.74) is 27.8. The van der Waals surface area contributed by atoms with E-state index >= 15 is 0 Å². The minimum atomic E-state index is -0.00743. The van der Waals surface area contributed by atoms with Gasteiger partial charge in [-0.15, -0.1) is 0 Å². The van der Waals surface area contributed by atoms with Gasteiger partial charge in [-0.3, -0.25) is 0 Å². The molecular weight excluding hydrogens is 254 g/mol. The van der Waals surface area contributed by atoms with E-state index in [1.807, 2.05) is 16.7 Å². The summed E-state index contributed by atoms with van der Waals surface area (Å²) >= 11 is 0. The van der Waals surface area contributed by atoms with Crippen LogP contribution in [0.15, 0.2) is 24.3 Å². The summed E-state index contributed by atoms with van der Waals surface area (Å²) in [4.78, 5) is 0. The second kappa shape index (κ2) is 4.21. The van der Waals surface area contributed by atoms with E-state index in [9.17, 15) is 5.11 Å². The molecular formula is C14H17N5O. The van der Waals surface area contributed by atoms with E-state index in [0.717, 1.165) is 21.8 Å². The van der Waals surface area contributed by atoms with Gasteiger partial charge < -0.3 is 32.6 Å². The molecule has 0 aliphatic rings. The summed E-state index contributed by atoms with van der Waals surface area (Å²) in [7, 11) is 0. The van der Waals surface area contributed by atoms with Crippen molar-refractivity contribution in [3.05, 3.63) is 24.3 Å². The number of anilines is 4. The normalized spacial score (nSPS) is 11.4. The second-order valence-electron chi connectivity index (χ2n) is 4.89. The minimum Gasteiger partial charge on any atom is -0.399 e. The first-order valence-electron chi connectivity index (χ1n) is 6.29. The van der Waals surface area contributed by atoms with E-state index in [1.165, 1.54) is 0 Å². The van der Waals surface area contributed by atoms with E-state index < -0.39 is 0 Å². The predicted octanol–water partition coefficient (Wildman–Crippen LogP) is 1.12. The highest BCUT2D eigenvalue weighted by Gasteiger charge is 2.16. The maximum Gasteiger partial charge on any atom is 0.0727 e. The number of hydrogen-bond donors (Lipinski definition) is 5. The number of hydrogen-bond acceptors (Lipinski definition) is 5. The van der Waals surface area contributed by atoms with Crippen LogP contribution in [0.1, 0.15) is 0 Å². The van der Waals surface area contributed by atoms with Crippen molar-refractivity contribution in [2.24, 2.45) is 0 Å². The monoisotopic (exact) mass is 271 g/mol. The zero-order valence-corrected chi connectivity index (χ0v) is 10.9. The fourth-order valence-electron chi connectivity index (χ4n) is 2.81. The Labute approximate surface area is 115 Å². The van der Waals surface area contributed by atoms with Crippen molar-refractivity contribution in [1.29, 1.82) is 0 Å². The standard InChI is InChI=1S/C14H17N5O/c15-7-3-9-10-4-8(16)6-12(18)14(10)19(1-2-20)13(9)11(17)5-7/h3-6,20H,1-2,15-18H2. The molecule has 3 aromatic rings. The lowest BCUT2D eigenvalue weighted by Crippen LogP contribution is -2.05. The number of benzene rings is 2. The largest absolute Gasteiger partial charge is 0.399 e. The molecule has 1 heterocycles. The Kier molecular flexibility index (Phi) is 2.62. The average Bonchev–Trinajstić information content (AvgIpc) is 2.64. The molecule has 6 heteroatoms.